The Balaban J connectivity index is 2.50. The minimum absolute atomic E-state index is 0.227. The number of aromatic nitrogens is 2. The lowest BCUT2D eigenvalue weighted by Crippen LogP contribution is -2.17. The Kier molecular flexibility index (Phi) is 4.11. The third-order valence-corrected chi connectivity index (χ3v) is 3.01. The maximum absolute atomic E-state index is 12.5. The highest BCUT2D eigenvalue weighted by molar-refractivity contribution is 5.76. The summed E-state index contributed by atoms with van der Waals surface area (Å²) >= 11 is 0. The van der Waals surface area contributed by atoms with Gasteiger partial charge in [-0.05, 0) is 25.5 Å². The van der Waals surface area contributed by atoms with Crippen molar-refractivity contribution in [3.63, 3.8) is 0 Å². The van der Waals surface area contributed by atoms with Crippen LogP contribution >= 0.6 is 0 Å². The van der Waals surface area contributed by atoms with Gasteiger partial charge in [0.1, 0.15) is 23.1 Å². The second-order valence-electron chi connectivity index (χ2n) is 4.59. The summed E-state index contributed by atoms with van der Waals surface area (Å²) in [6.07, 6.45) is -3.91. The van der Waals surface area contributed by atoms with Crippen molar-refractivity contribution >= 4 is 5.82 Å². The Bertz CT molecular complexity index is 635. The number of nitrogens with two attached hydrogens (primary N) is 1. The molecule has 2 rings (SSSR count). The van der Waals surface area contributed by atoms with E-state index < -0.39 is 6.36 Å². The molecule has 0 aliphatic rings. The summed E-state index contributed by atoms with van der Waals surface area (Å²) < 4.78 is 43.2. The number of halogens is 3. The SMILES string of the molecule is CCCn1c(C)nc(-c2ccccc2OC(F)(F)F)c1N. The maximum atomic E-state index is 12.5. The van der Waals surface area contributed by atoms with E-state index in [4.69, 9.17) is 5.73 Å². The molecule has 1 aromatic carbocycles. The van der Waals surface area contributed by atoms with Crippen molar-refractivity contribution in [2.75, 3.05) is 5.73 Å². The molecule has 4 nitrogen and oxygen atoms in total. The largest absolute Gasteiger partial charge is 0.573 e. The van der Waals surface area contributed by atoms with Crippen LogP contribution in [-0.4, -0.2) is 15.9 Å². The number of imidazole rings is 1. The fourth-order valence-corrected chi connectivity index (χ4v) is 2.16. The molecule has 0 aliphatic carbocycles. The minimum Gasteiger partial charge on any atom is -0.405 e. The molecule has 7 heteroatoms. The van der Waals surface area contributed by atoms with Crippen LogP contribution in [0, 0.1) is 6.92 Å². The van der Waals surface area contributed by atoms with Crippen molar-refractivity contribution in [3.8, 4) is 17.0 Å². The first-order valence-electron chi connectivity index (χ1n) is 6.51. The van der Waals surface area contributed by atoms with E-state index in [1.54, 1.807) is 17.6 Å². The zero-order chi connectivity index (χ0) is 15.6. The van der Waals surface area contributed by atoms with Gasteiger partial charge in [-0.25, -0.2) is 4.98 Å². The van der Waals surface area contributed by atoms with Gasteiger partial charge in [0.2, 0.25) is 0 Å². The van der Waals surface area contributed by atoms with Crippen LogP contribution in [0.25, 0.3) is 11.3 Å². The van der Waals surface area contributed by atoms with Crippen LogP contribution in [0.4, 0.5) is 19.0 Å². The van der Waals surface area contributed by atoms with Crippen molar-refractivity contribution < 1.29 is 17.9 Å². The average Bonchev–Trinajstić information content (AvgIpc) is 2.66. The molecule has 0 spiro atoms. The molecule has 0 unspecified atom stereocenters. The number of anilines is 1. The maximum Gasteiger partial charge on any atom is 0.573 e. The van der Waals surface area contributed by atoms with Gasteiger partial charge in [0.25, 0.3) is 0 Å². The van der Waals surface area contributed by atoms with E-state index in [0.717, 1.165) is 6.42 Å². The Morgan fingerprint density at radius 2 is 1.95 bits per heavy atom. The van der Waals surface area contributed by atoms with Crippen LogP contribution in [0.5, 0.6) is 5.75 Å². The Morgan fingerprint density at radius 3 is 2.57 bits per heavy atom. The van der Waals surface area contributed by atoms with E-state index in [2.05, 4.69) is 9.72 Å². The molecule has 1 heterocycles. The number of rotatable bonds is 4. The number of nitrogen functional groups attached to an aromatic ring is 1. The first kappa shape index (κ1) is 15.2. The molecule has 0 saturated carbocycles. The third-order valence-electron chi connectivity index (χ3n) is 3.01. The molecule has 0 aliphatic heterocycles. The lowest BCUT2D eigenvalue weighted by molar-refractivity contribution is -0.274. The van der Waals surface area contributed by atoms with Gasteiger partial charge in [0.15, 0.2) is 0 Å². The highest BCUT2D eigenvalue weighted by Gasteiger charge is 2.32. The van der Waals surface area contributed by atoms with Crippen LogP contribution in [0.3, 0.4) is 0 Å². The molecule has 0 amide bonds. The number of ether oxygens (including phenoxy) is 1. The van der Waals surface area contributed by atoms with Crippen molar-refractivity contribution in [3.05, 3.63) is 30.1 Å². The molecular weight excluding hydrogens is 283 g/mol. The van der Waals surface area contributed by atoms with Gasteiger partial charge in [0, 0.05) is 12.1 Å². The summed E-state index contributed by atoms with van der Waals surface area (Å²) in [5.74, 6) is 0.691. The number of para-hydroxylation sites is 1. The molecule has 1 aromatic heterocycles. The first-order valence-corrected chi connectivity index (χ1v) is 6.51. The van der Waals surface area contributed by atoms with E-state index in [1.807, 2.05) is 6.92 Å². The van der Waals surface area contributed by atoms with Crippen LogP contribution in [0.15, 0.2) is 24.3 Å². The van der Waals surface area contributed by atoms with Gasteiger partial charge in [0.05, 0.1) is 0 Å². The van der Waals surface area contributed by atoms with Gasteiger partial charge in [-0.1, -0.05) is 19.1 Å². The second-order valence-corrected chi connectivity index (χ2v) is 4.59. The molecule has 21 heavy (non-hydrogen) atoms. The summed E-state index contributed by atoms with van der Waals surface area (Å²) in [6, 6.07) is 5.84. The molecule has 0 atom stereocenters. The fraction of sp³-hybridized carbons (Fsp3) is 0.357. The molecule has 0 saturated heterocycles. The molecular formula is C14H16F3N3O. The summed E-state index contributed by atoms with van der Waals surface area (Å²) in [5.41, 5.74) is 6.55. The third kappa shape index (κ3) is 3.29. The van der Waals surface area contributed by atoms with E-state index >= 15 is 0 Å². The van der Waals surface area contributed by atoms with E-state index in [9.17, 15) is 13.2 Å². The van der Waals surface area contributed by atoms with Gasteiger partial charge in [-0.15, -0.1) is 13.2 Å². The van der Waals surface area contributed by atoms with Gasteiger partial charge in [-0.2, -0.15) is 0 Å². The molecule has 2 aromatic rings. The van der Waals surface area contributed by atoms with Gasteiger partial charge >= 0.3 is 6.36 Å². The monoisotopic (exact) mass is 299 g/mol. The summed E-state index contributed by atoms with van der Waals surface area (Å²) in [7, 11) is 0. The number of alkyl halides is 3. The second kappa shape index (κ2) is 5.67. The normalized spacial score (nSPS) is 11.7. The van der Waals surface area contributed by atoms with Crippen molar-refractivity contribution in [2.45, 2.75) is 33.2 Å². The van der Waals surface area contributed by atoms with E-state index in [0.29, 0.717) is 23.9 Å². The highest BCUT2D eigenvalue weighted by Crippen LogP contribution is 2.36. The number of benzene rings is 1. The summed E-state index contributed by atoms with van der Waals surface area (Å²) in [4.78, 5) is 4.28. The molecule has 0 fully saturated rings. The topological polar surface area (TPSA) is 53.1 Å². The molecule has 0 bridgehead atoms. The van der Waals surface area contributed by atoms with Crippen LogP contribution in [-0.2, 0) is 6.54 Å². The summed E-state index contributed by atoms with van der Waals surface area (Å²) in [5, 5.41) is 0. The number of nitrogens with zero attached hydrogens (tertiary/aromatic N) is 2. The van der Waals surface area contributed by atoms with Gasteiger partial charge in [-0.3, -0.25) is 0 Å². The van der Waals surface area contributed by atoms with Crippen molar-refractivity contribution in [1.29, 1.82) is 0 Å². The Labute approximate surface area is 120 Å². The Hall–Kier alpha value is -2.18. The Morgan fingerprint density at radius 1 is 1.29 bits per heavy atom. The number of hydrogen-bond donors (Lipinski definition) is 1. The summed E-state index contributed by atoms with van der Waals surface area (Å²) in [6.45, 7) is 4.41. The lowest BCUT2D eigenvalue weighted by atomic mass is 10.1. The average molecular weight is 299 g/mol. The quantitative estimate of drug-likeness (QED) is 0.935. The van der Waals surface area contributed by atoms with Crippen LogP contribution < -0.4 is 10.5 Å². The van der Waals surface area contributed by atoms with E-state index in [-0.39, 0.29) is 11.3 Å². The van der Waals surface area contributed by atoms with Crippen molar-refractivity contribution in [1.82, 2.24) is 9.55 Å². The predicted molar refractivity (Wildman–Crippen MR) is 73.8 cm³/mol. The van der Waals surface area contributed by atoms with Crippen LogP contribution in [0.2, 0.25) is 0 Å². The number of hydrogen-bond acceptors (Lipinski definition) is 3. The van der Waals surface area contributed by atoms with Crippen LogP contribution in [0.1, 0.15) is 19.2 Å². The van der Waals surface area contributed by atoms with Crippen molar-refractivity contribution in [2.24, 2.45) is 0 Å². The smallest absolute Gasteiger partial charge is 0.405 e. The predicted octanol–water partition coefficient (Wildman–Crippen LogP) is 3.75. The lowest BCUT2D eigenvalue weighted by Gasteiger charge is -2.12. The highest BCUT2D eigenvalue weighted by atomic mass is 19.4. The molecule has 0 radical (unpaired) electrons. The molecule has 2 N–H and O–H groups in total. The number of aryl methyl sites for hydroxylation is 1. The fourth-order valence-electron chi connectivity index (χ4n) is 2.16. The first-order chi connectivity index (χ1) is 9.83. The standard InChI is InChI=1S/C14H16F3N3O/c1-3-8-20-9(2)19-12(13(20)18)10-6-4-5-7-11(10)21-14(15,16)17/h4-7H,3,8,18H2,1-2H3. The van der Waals surface area contributed by atoms with Gasteiger partial charge < -0.3 is 15.0 Å². The van der Waals surface area contributed by atoms with E-state index in [1.165, 1.54) is 18.2 Å². The zero-order valence-electron chi connectivity index (χ0n) is 11.7. The molecule has 114 valence electrons. The zero-order valence-corrected chi connectivity index (χ0v) is 11.7. The minimum atomic E-state index is -4.76.